The van der Waals surface area contributed by atoms with E-state index in [-0.39, 0.29) is 46.3 Å². The van der Waals surface area contributed by atoms with Gasteiger partial charge in [-0.25, -0.2) is 9.59 Å². The highest BCUT2D eigenvalue weighted by Crippen LogP contribution is 2.37. The summed E-state index contributed by atoms with van der Waals surface area (Å²) in [7, 11) is 1.40. The minimum atomic E-state index is -0.701. The lowest BCUT2D eigenvalue weighted by molar-refractivity contribution is 0.0495. The van der Waals surface area contributed by atoms with E-state index in [0.717, 1.165) is 12.8 Å². The molecule has 0 saturated heterocycles. The Labute approximate surface area is 176 Å². The van der Waals surface area contributed by atoms with E-state index in [1.165, 1.54) is 19.2 Å². The molecular formula is C23H28O7. The van der Waals surface area contributed by atoms with E-state index < -0.39 is 11.9 Å². The van der Waals surface area contributed by atoms with Gasteiger partial charge in [0.05, 0.1) is 13.7 Å². The highest BCUT2D eigenvalue weighted by atomic mass is 16.5. The fourth-order valence-electron chi connectivity index (χ4n) is 3.14. The zero-order valence-corrected chi connectivity index (χ0v) is 18.2. The van der Waals surface area contributed by atoms with Crippen LogP contribution in [0.25, 0.3) is 0 Å². The molecule has 7 heteroatoms. The molecule has 30 heavy (non-hydrogen) atoms. The van der Waals surface area contributed by atoms with Crippen molar-refractivity contribution in [3.05, 3.63) is 45.5 Å². The molecule has 0 fully saturated rings. The maximum Gasteiger partial charge on any atom is 0.347 e. The summed E-state index contributed by atoms with van der Waals surface area (Å²) in [6.45, 7) is 8.71. The maximum atomic E-state index is 12.9. The van der Waals surface area contributed by atoms with E-state index in [2.05, 4.69) is 0 Å². The zero-order chi connectivity index (χ0) is 22.6. The Kier molecular flexibility index (Phi) is 7.32. The average molecular weight is 416 g/mol. The van der Waals surface area contributed by atoms with Crippen LogP contribution in [-0.2, 0) is 4.74 Å². The SMILES string of the molecule is CCCCOC(=O)c1c(C)cc(OC(=O)c2c(C)cc(O)c(C)c2OC)c(C)c1O. The largest absolute Gasteiger partial charge is 0.508 e. The number of esters is 2. The average Bonchev–Trinajstić information content (AvgIpc) is 2.68. The van der Waals surface area contributed by atoms with Crippen molar-refractivity contribution in [1.82, 2.24) is 0 Å². The highest BCUT2D eigenvalue weighted by molar-refractivity contribution is 5.98. The van der Waals surface area contributed by atoms with E-state index in [1.54, 1.807) is 27.7 Å². The minimum Gasteiger partial charge on any atom is -0.508 e. The Bertz CT molecular complexity index is 976. The first-order valence-corrected chi connectivity index (χ1v) is 9.73. The van der Waals surface area contributed by atoms with E-state index in [9.17, 15) is 19.8 Å². The molecule has 0 aliphatic carbocycles. The second kappa shape index (κ2) is 9.52. The molecule has 0 radical (unpaired) electrons. The number of phenolic OH excluding ortho intramolecular Hbond substituents is 2. The van der Waals surface area contributed by atoms with Gasteiger partial charge in [-0.3, -0.25) is 0 Å². The van der Waals surface area contributed by atoms with E-state index in [4.69, 9.17) is 14.2 Å². The summed E-state index contributed by atoms with van der Waals surface area (Å²) in [6.07, 6.45) is 1.61. The molecule has 2 N–H and O–H groups in total. The second-order valence-electron chi connectivity index (χ2n) is 7.17. The summed E-state index contributed by atoms with van der Waals surface area (Å²) in [5.41, 5.74) is 1.78. The number of aromatic hydroxyl groups is 2. The number of carbonyl (C=O) groups is 2. The van der Waals surface area contributed by atoms with E-state index in [1.807, 2.05) is 6.92 Å². The molecule has 0 saturated carbocycles. The van der Waals surface area contributed by atoms with Crippen LogP contribution in [0.2, 0.25) is 0 Å². The van der Waals surface area contributed by atoms with Crippen LogP contribution in [0.5, 0.6) is 23.0 Å². The van der Waals surface area contributed by atoms with Gasteiger partial charge in [0.1, 0.15) is 34.1 Å². The van der Waals surface area contributed by atoms with Gasteiger partial charge in [-0.15, -0.1) is 0 Å². The molecule has 0 aliphatic heterocycles. The van der Waals surface area contributed by atoms with Crippen molar-refractivity contribution < 1.29 is 34.0 Å². The van der Waals surface area contributed by atoms with Gasteiger partial charge in [-0.05, 0) is 57.4 Å². The van der Waals surface area contributed by atoms with Crippen LogP contribution in [0.3, 0.4) is 0 Å². The summed E-state index contributed by atoms with van der Waals surface area (Å²) in [6, 6.07) is 2.97. The third-order valence-electron chi connectivity index (χ3n) is 4.95. The molecule has 2 aromatic carbocycles. The standard InChI is InChI=1S/C23H28O7/c1-7-8-9-29-22(26)18-13(3)11-17(15(5)20(18)25)30-23(27)19-12(2)10-16(24)14(4)21(19)28-6/h10-11,24-25H,7-9H2,1-6H3. The summed E-state index contributed by atoms with van der Waals surface area (Å²) in [5.74, 6) is -1.26. The number of aryl methyl sites for hydroxylation is 2. The fraction of sp³-hybridized carbons (Fsp3) is 0.391. The molecule has 7 nitrogen and oxygen atoms in total. The van der Waals surface area contributed by atoms with Gasteiger partial charge in [0.15, 0.2) is 0 Å². The van der Waals surface area contributed by atoms with Crippen molar-refractivity contribution >= 4 is 11.9 Å². The second-order valence-corrected chi connectivity index (χ2v) is 7.17. The molecule has 0 aromatic heterocycles. The smallest absolute Gasteiger partial charge is 0.347 e. The summed E-state index contributed by atoms with van der Waals surface area (Å²) in [5, 5.41) is 20.5. The van der Waals surface area contributed by atoms with Crippen molar-refractivity contribution in [2.75, 3.05) is 13.7 Å². The third-order valence-corrected chi connectivity index (χ3v) is 4.95. The van der Waals surface area contributed by atoms with Crippen LogP contribution < -0.4 is 9.47 Å². The van der Waals surface area contributed by atoms with Crippen LogP contribution in [0.1, 0.15) is 62.7 Å². The first-order chi connectivity index (χ1) is 14.1. The summed E-state index contributed by atoms with van der Waals surface area (Å²) >= 11 is 0. The van der Waals surface area contributed by atoms with Gasteiger partial charge in [-0.2, -0.15) is 0 Å². The molecule has 0 heterocycles. The molecule has 0 atom stereocenters. The lowest BCUT2D eigenvalue weighted by Gasteiger charge is -2.17. The summed E-state index contributed by atoms with van der Waals surface area (Å²) in [4.78, 5) is 25.2. The van der Waals surface area contributed by atoms with Crippen LogP contribution in [-0.4, -0.2) is 35.9 Å². The van der Waals surface area contributed by atoms with Crippen molar-refractivity contribution in [2.24, 2.45) is 0 Å². The molecule has 162 valence electrons. The van der Waals surface area contributed by atoms with Crippen LogP contribution in [0.15, 0.2) is 12.1 Å². The molecule has 0 unspecified atom stereocenters. The highest BCUT2D eigenvalue weighted by Gasteiger charge is 2.25. The van der Waals surface area contributed by atoms with Gasteiger partial charge < -0.3 is 24.4 Å². The molecule has 2 aromatic rings. The van der Waals surface area contributed by atoms with Gasteiger partial charge >= 0.3 is 11.9 Å². The van der Waals surface area contributed by atoms with Crippen LogP contribution in [0, 0.1) is 27.7 Å². The topological polar surface area (TPSA) is 102 Å². The minimum absolute atomic E-state index is 0.0107. The normalized spacial score (nSPS) is 10.6. The Balaban J connectivity index is 2.40. The molecule has 0 aliphatic rings. The monoisotopic (exact) mass is 416 g/mol. The quantitative estimate of drug-likeness (QED) is 0.389. The van der Waals surface area contributed by atoms with E-state index >= 15 is 0 Å². The number of phenols is 2. The Hall–Kier alpha value is -3.22. The number of methoxy groups -OCH3 is 1. The van der Waals surface area contributed by atoms with E-state index in [0.29, 0.717) is 16.7 Å². The molecule has 2 rings (SSSR count). The lowest BCUT2D eigenvalue weighted by Crippen LogP contribution is -2.15. The Morgan fingerprint density at radius 1 is 0.933 bits per heavy atom. The fourth-order valence-corrected chi connectivity index (χ4v) is 3.14. The first kappa shape index (κ1) is 23.1. The van der Waals surface area contributed by atoms with Gasteiger partial charge in [0, 0.05) is 11.1 Å². The van der Waals surface area contributed by atoms with Crippen molar-refractivity contribution in [2.45, 2.75) is 47.5 Å². The zero-order valence-electron chi connectivity index (χ0n) is 18.2. The number of hydrogen-bond donors (Lipinski definition) is 2. The van der Waals surface area contributed by atoms with Crippen molar-refractivity contribution in [3.63, 3.8) is 0 Å². The number of carbonyl (C=O) groups excluding carboxylic acids is 2. The third kappa shape index (κ3) is 4.50. The van der Waals surface area contributed by atoms with Crippen molar-refractivity contribution in [3.8, 4) is 23.0 Å². The molecule has 0 spiro atoms. The van der Waals surface area contributed by atoms with Gasteiger partial charge in [0.25, 0.3) is 0 Å². The number of rotatable bonds is 7. The molecular weight excluding hydrogens is 388 g/mol. The van der Waals surface area contributed by atoms with Crippen LogP contribution >= 0.6 is 0 Å². The number of benzene rings is 2. The first-order valence-electron chi connectivity index (χ1n) is 9.73. The predicted octanol–water partition coefficient (Wildman–Crippen LogP) is 4.52. The van der Waals surface area contributed by atoms with Gasteiger partial charge in [-0.1, -0.05) is 13.3 Å². The number of hydrogen-bond acceptors (Lipinski definition) is 7. The predicted molar refractivity (Wildman–Crippen MR) is 112 cm³/mol. The number of unbranched alkanes of at least 4 members (excludes halogenated alkanes) is 1. The van der Waals surface area contributed by atoms with Gasteiger partial charge in [0.2, 0.25) is 0 Å². The maximum absolute atomic E-state index is 12.9. The van der Waals surface area contributed by atoms with Crippen LogP contribution in [0.4, 0.5) is 0 Å². The Morgan fingerprint density at radius 3 is 2.17 bits per heavy atom. The molecule has 0 bridgehead atoms. The van der Waals surface area contributed by atoms with Crippen molar-refractivity contribution in [1.29, 1.82) is 0 Å². The summed E-state index contributed by atoms with van der Waals surface area (Å²) < 4.78 is 16.0. The lowest BCUT2D eigenvalue weighted by atomic mass is 10.0. The molecule has 0 amide bonds. The number of ether oxygens (including phenoxy) is 3. The Morgan fingerprint density at radius 2 is 1.57 bits per heavy atom.